The van der Waals surface area contributed by atoms with Crippen molar-refractivity contribution in [3.63, 3.8) is 0 Å². The molecule has 1 aliphatic heterocycles. The van der Waals surface area contributed by atoms with Crippen LogP contribution in [0.3, 0.4) is 0 Å². The smallest absolute Gasteiger partial charge is 0.345 e. The summed E-state index contributed by atoms with van der Waals surface area (Å²) in [7, 11) is 0. The van der Waals surface area contributed by atoms with Gasteiger partial charge in [-0.15, -0.1) is 11.3 Å². The van der Waals surface area contributed by atoms with Gasteiger partial charge in [-0.2, -0.15) is 0 Å². The van der Waals surface area contributed by atoms with Crippen molar-refractivity contribution in [2.24, 2.45) is 0 Å². The fourth-order valence-corrected chi connectivity index (χ4v) is 4.60. The molecule has 1 aliphatic rings. The first kappa shape index (κ1) is 19.2. The molecule has 1 fully saturated rings. The van der Waals surface area contributed by atoms with Gasteiger partial charge >= 0.3 is 5.97 Å². The Labute approximate surface area is 168 Å². The van der Waals surface area contributed by atoms with E-state index in [0.717, 1.165) is 55.8 Å². The van der Waals surface area contributed by atoms with Crippen molar-refractivity contribution in [1.82, 2.24) is 15.3 Å². The van der Waals surface area contributed by atoms with Crippen LogP contribution in [-0.2, 0) is 0 Å². The van der Waals surface area contributed by atoms with Crippen LogP contribution in [0.25, 0.3) is 21.6 Å². The molecular weight excluding hydrogens is 408 g/mol. The molecule has 1 aromatic carbocycles. The molecular formula is C19H16ClF2N3O2S. The summed E-state index contributed by atoms with van der Waals surface area (Å²) in [4.78, 5) is 20.5. The average molecular weight is 424 g/mol. The van der Waals surface area contributed by atoms with Gasteiger partial charge in [-0.3, -0.25) is 0 Å². The highest BCUT2D eigenvalue weighted by Gasteiger charge is 2.24. The molecule has 1 saturated heterocycles. The minimum absolute atomic E-state index is 0.0301. The third-order valence-corrected chi connectivity index (χ3v) is 6.25. The summed E-state index contributed by atoms with van der Waals surface area (Å²) in [6.45, 7) is 1.71. The lowest BCUT2D eigenvalue weighted by Crippen LogP contribution is -2.14. The van der Waals surface area contributed by atoms with Crippen LogP contribution < -0.4 is 5.32 Å². The fourth-order valence-electron chi connectivity index (χ4n) is 3.44. The summed E-state index contributed by atoms with van der Waals surface area (Å²) >= 11 is 6.76. The quantitative estimate of drug-likeness (QED) is 0.589. The molecule has 28 heavy (non-hydrogen) atoms. The monoisotopic (exact) mass is 423 g/mol. The zero-order chi connectivity index (χ0) is 19.8. The van der Waals surface area contributed by atoms with Crippen LogP contribution in [0, 0.1) is 11.6 Å². The molecule has 0 spiro atoms. The van der Waals surface area contributed by atoms with E-state index in [4.69, 9.17) is 11.6 Å². The number of fused-ring (bicyclic) bond motifs is 1. The molecule has 1 atom stereocenters. The number of halogens is 3. The zero-order valence-corrected chi connectivity index (χ0v) is 16.2. The van der Waals surface area contributed by atoms with E-state index >= 15 is 0 Å². The molecule has 4 rings (SSSR count). The molecule has 5 nitrogen and oxygen atoms in total. The van der Waals surface area contributed by atoms with Crippen LogP contribution in [0.15, 0.2) is 18.2 Å². The van der Waals surface area contributed by atoms with Gasteiger partial charge in [0.05, 0.1) is 26.5 Å². The van der Waals surface area contributed by atoms with Crippen molar-refractivity contribution in [2.75, 3.05) is 13.1 Å². The van der Waals surface area contributed by atoms with Crippen LogP contribution in [0.5, 0.6) is 0 Å². The number of thiophene rings is 1. The second kappa shape index (κ2) is 7.69. The second-order valence-electron chi connectivity index (χ2n) is 6.69. The predicted octanol–water partition coefficient (Wildman–Crippen LogP) is 4.85. The maximum Gasteiger partial charge on any atom is 0.345 e. The summed E-state index contributed by atoms with van der Waals surface area (Å²) in [5, 5.41) is 12.4. The lowest BCUT2D eigenvalue weighted by Gasteiger charge is -2.15. The minimum Gasteiger partial charge on any atom is -0.477 e. The van der Waals surface area contributed by atoms with Crippen molar-refractivity contribution >= 4 is 39.1 Å². The van der Waals surface area contributed by atoms with Gasteiger partial charge in [-0.25, -0.2) is 23.5 Å². The van der Waals surface area contributed by atoms with Gasteiger partial charge in [-0.05, 0) is 50.6 Å². The number of carboxylic acids is 1. The Morgan fingerprint density at radius 1 is 1.18 bits per heavy atom. The van der Waals surface area contributed by atoms with E-state index in [9.17, 15) is 18.7 Å². The number of benzene rings is 1. The number of aromatic carboxylic acids is 1. The summed E-state index contributed by atoms with van der Waals surface area (Å²) < 4.78 is 29.1. The van der Waals surface area contributed by atoms with Gasteiger partial charge in [-0.1, -0.05) is 11.6 Å². The Hall–Kier alpha value is -2.16. The van der Waals surface area contributed by atoms with E-state index in [1.165, 1.54) is 6.07 Å². The number of carbonyl (C=O) groups is 1. The van der Waals surface area contributed by atoms with Crippen LogP contribution in [0.2, 0.25) is 5.02 Å². The molecule has 0 radical (unpaired) electrons. The third kappa shape index (κ3) is 3.59. The van der Waals surface area contributed by atoms with Crippen LogP contribution >= 0.6 is 22.9 Å². The summed E-state index contributed by atoms with van der Waals surface area (Å²) in [6, 6.07) is 3.32. The van der Waals surface area contributed by atoms with Crippen molar-refractivity contribution in [2.45, 2.75) is 25.2 Å². The highest BCUT2D eigenvalue weighted by atomic mass is 35.5. The molecule has 9 heteroatoms. The standard InChI is InChI=1S/C19H16ClF2N3O2S/c20-11-7-12(21)10(6-13(11)22)18-24-14-8-15(19(26)27)28-17(14)16(25-18)9-2-1-4-23-5-3-9/h6-9,23H,1-5H2,(H,26,27). The van der Waals surface area contributed by atoms with Crippen LogP contribution in [0.1, 0.15) is 40.5 Å². The Kier molecular flexibility index (Phi) is 5.27. The summed E-state index contributed by atoms with van der Waals surface area (Å²) in [5.41, 5.74) is 1.02. The predicted molar refractivity (Wildman–Crippen MR) is 104 cm³/mol. The van der Waals surface area contributed by atoms with E-state index in [-0.39, 0.29) is 27.2 Å². The molecule has 0 aliphatic carbocycles. The normalized spacial score (nSPS) is 17.6. The van der Waals surface area contributed by atoms with E-state index < -0.39 is 17.6 Å². The Morgan fingerprint density at radius 3 is 2.79 bits per heavy atom. The molecule has 2 aromatic heterocycles. The van der Waals surface area contributed by atoms with Crippen molar-refractivity contribution < 1.29 is 18.7 Å². The number of rotatable bonds is 3. The first-order chi connectivity index (χ1) is 13.4. The number of nitrogens with one attached hydrogen (secondary N) is 1. The summed E-state index contributed by atoms with van der Waals surface area (Å²) in [6.07, 6.45) is 2.65. The molecule has 3 aromatic rings. The van der Waals surface area contributed by atoms with E-state index in [1.807, 2.05) is 0 Å². The summed E-state index contributed by atoms with van der Waals surface area (Å²) in [5.74, 6) is -2.43. The molecule has 0 bridgehead atoms. The average Bonchev–Trinajstić information content (AvgIpc) is 2.91. The molecule has 3 heterocycles. The first-order valence-corrected chi connectivity index (χ1v) is 10.0. The van der Waals surface area contributed by atoms with Crippen molar-refractivity contribution in [1.29, 1.82) is 0 Å². The lowest BCUT2D eigenvalue weighted by molar-refractivity contribution is 0.0702. The third-order valence-electron chi connectivity index (χ3n) is 4.82. The SMILES string of the molecule is O=C(O)c1cc2nc(-c3cc(F)c(Cl)cc3F)nc(C3CCCNCC3)c2s1. The van der Waals surface area contributed by atoms with Gasteiger partial charge in [0.2, 0.25) is 0 Å². The van der Waals surface area contributed by atoms with Crippen LogP contribution in [0.4, 0.5) is 8.78 Å². The topological polar surface area (TPSA) is 75.1 Å². The Bertz CT molecular complexity index is 1070. The number of carboxylic acid groups (broad SMARTS) is 1. The second-order valence-corrected chi connectivity index (χ2v) is 8.15. The Morgan fingerprint density at radius 2 is 2.00 bits per heavy atom. The van der Waals surface area contributed by atoms with E-state index in [2.05, 4.69) is 15.3 Å². The number of nitrogens with zero attached hydrogens (tertiary/aromatic N) is 2. The van der Waals surface area contributed by atoms with Gasteiger partial charge < -0.3 is 10.4 Å². The molecule has 0 amide bonds. The van der Waals surface area contributed by atoms with Gasteiger partial charge in [0.1, 0.15) is 16.5 Å². The minimum atomic E-state index is -1.05. The van der Waals surface area contributed by atoms with Crippen molar-refractivity contribution in [3.8, 4) is 11.4 Å². The van der Waals surface area contributed by atoms with E-state index in [1.54, 1.807) is 0 Å². The van der Waals surface area contributed by atoms with E-state index in [0.29, 0.717) is 15.9 Å². The highest BCUT2D eigenvalue weighted by molar-refractivity contribution is 7.20. The largest absolute Gasteiger partial charge is 0.477 e. The van der Waals surface area contributed by atoms with Crippen LogP contribution in [-0.4, -0.2) is 34.1 Å². The Balaban J connectivity index is 1.93. The molecule has 2 N–H and O–H groups in total. The fraction of sp³-hybridized carbons (Fsp3) is 0.316. The lowest BCUT2D eigenvalue weighted by atomic mass is 9.96. The maximum atomic E-state index is 14.5. The van der Waals surface area contributed by atoms with Gasteiger partial charge in [0.15, 0.2) is 5.82 Å². The highest BCUT2D eigenvalue weighted by Crippen LogP contribution is 2.37. The molecule has 0 saturated carbocycles. The number of hydrogen-bond acceptors (Lipinski definition) is 5. The molecule has 146 valence electrons. The zero-order valence-electron chi connectivity index (χ0n) is 14.6. The molecule has 1 unspecified atom stereocenters. The maximum absolute atomic E-state index is 14.5. The number of hydrogen-bond donors (Lipinski definition) is 2. The van der Waals surface area contributed by atoms with Crippen molar-refractivity contribution in [3.05, 3.63) is 45.4 Å². The van der Waals surface area contributed by atoms with Gasteiger partial charge in [0.25, 0.3) is 0 Å². The van der Waals surface area contributed by atoms with Gasteiger partial charge in [0, 0.05) is 5.92 Å². The first-order valence-electron chi connectivity index (χ1n) is 8.84. The number of aromatic nitrogens is 2.